The highest BCUT2D eigenvalue weighted by molar-refractivity contribution is 7.98. The second-order valence-electron chi connectivity index (χ2n) is 3.81. The van der Waals surface area contributed by atoms with Gasteiger partial charge in [-0.2, -0.15) is 0 Å². The zero-order valence-corrected chi connectivity index (χ0v) is 11.3. The van der Waals surface area contributed by atoms with Gasteiger partial charge in [0.2, 0.25) is 0 Å². The zero-order valence-electron chi connectivity index (χ0n) is 10.5. The van der Waals surface area contributed by atoms with E-state index in [-0.39, 0.29) is 0 Å². The number of ether oxygens (including phenoxy) is 1. The van der Waals surface area contributed by atoms with Gasteiger partial charge >= 0.3 is 0 Å². The first-order valence-corrected chi connectivity index (χ1v) is 6.67. The number of anilines is 1. The van der Waals surface area contributed by atoms with Crippen LogP contribution in [0.15, 0.2) is 29.7 Å². The first kappa shape index (κ1) is 12.8. The van der Waals surface area contributed by atoms with Gasteiger partial charge in [0.05, 0.1) is 6.61 Å². The van der Waals surface area contributed by atoms with Crippen molar-refractivity contribution >= 4 is 17.4 Å². The second kappa shape index (κ2) is 5.77. The van der Waals surface area contributed by atoms with Gasteiger partial charge in [0.15, 0.2) is 5.16 Å². The van der Waals surface area contributed by atoms with E-state index in [0.717, 1.165) is 27.9 Å². The van der Waals surface area contributed by atoms with Crippen molar-refractivity contribution in [1.82, 2.24) is 14.8 Å². The van der Waals surface area contributed by atoms with Crippen LogP contribution >= 0.6 is 11.8 Å². The molecule has 0 bridgehead atoms. The number of nitrogens with zero attached hydrogens (tertiary/aromatic N) is 3. The third-order valence-electron chi connectivity index (χ3n) is 2.41. The molecule has 1 aromatic heterocycles. The minimum absolute atomic E-state index is 0.644. The van der Waals surface area contributed by atoms with Crippen LogP contribution in [0.25, 0.3) is 0 Å². The number of rotatable bonds is 5. The van der Waals surface area contributed by atoms with Crippen molar-refractivity contribution in [2.24, 2.45) is 7.05 Å². The lowest BCUT2D eigenvalue weighted by Crippen LogP contribution is -1.98. The fraction of sp³-hybridized carbons (Fsp3) is 0.333. The minimum atomic E-state index is 0.644. The summed E-state index contributed by atoms with van der Waals surface area (Å²) in [6, 6.07) is 5.70. The molecule has 18 heavy (non-hydrogen) atoms. The van der Waals surface area contributed by atoms with Crippen molar-refractivity contribution < 1.29 is 4.74 Å². The van der Waals surface area contributed by atoms with E-state index >= 15 is 0 Å². The van der Waals surface area contributed by atoms with Gasteiger partial charge in [-0.3, -0.25) is 0 Å². The SMILES string of the molecule is CCOc1ccc(N)cc1CSc1nncn1C. The summed E-state index contributed by atoms with van der Waals surface area (Å²) in [5.74, 6) is 1.63. The lowest BCUT2D eigenvalue weighted by molar-refractivity contribution is 0.337. The predicted molar refractivity (Wildman–Crippen MR) is 72.6 cm³/mol. The number of thioether (sulfide) groups is 1. The molecule has 0 atom stereocenters. The fourth-order valence-electron chi connectivity index (χ4n) is 1.55. The van der Waals surface area contributed by atoms with Crippen molar-refractivity contribution in [3.8, 4) is 5.75 Å². The lowest BCUT2D eigenvalue weighted by Gasteiger charge is -2.10. The lowest BCUT2D eigenvalue weighted by atomic mass is 10.2. The highest BCUT2D eigenvalue weighted by Crippen LogP contribution is 2.28. The van der Waals surface area contributed by atoms with Gasteiger partial charge in [0.25, 0.3) is 0 Å². The monoisotopic (exact) mass is 264 g/mol. The molecule has 1 heterocycles. The molecule has 0 aliphatic rings. The molecule has 0 saturated carbocycles. The predicted octanol–water partition coefficient (Wildman–Crippen LogP) is 2.09. The summed E-state index contributed by atoms with van der Waals surface area (Å²) in [5.41, 5.74) is 7.62. The van der Waals surface area contributed by atoms with E-state index in [1.165, 1.54) is 0 Å². The molecule has 1 aromatic carbocycles. The van der Waals surface area contributed by atoms with Crippen LogP contribution in [-0.4, -0.2) is 21.4 Å². The third kappa shape index (κ3) is 2.95. The maximum atomic E-state index is 5.80. The average molecular weight is 264 g/mol. The number of aromatic nitrogens is 3. The summed E-state index contributed by atoms with van der Waals surface area (Å²) >= 11 is 1.61. The molecule has 0 aliphatic carbocycles. The topological polar surface area (TPSA) is 66.0 Å². The number of benzene rings is 1. The van der Waals surface area contributed by atoms with Crippen LogP contribution in [0.1, 0.15) is 12.5 Å². The number of aryl methyl sites for hydroxylation is 1. The molecule has 2 rings (SSSR count). The Hall–Kier alpha value is -1.69. The van der Waals surface area contributed by atoms with Gasteiger partial charge in [-0.1, -0.05) is 11.8 Å². The average Bonchev–Trinajstić information content (AvgIpc) is 2.75. The molecule has 0 saturated heterocycles. The Morgan fingerprint density at radius 2 is 2.28 bits per heavy atom. The number of hydrogen-bond acceptors (Lipinski definition) is 5. The molecular formula is C12H16N4OS. The molecule has 0 fully saturated rings. The van der Waals surface area contributed by atoms with E-state index in [2.05, 4.69) is 10.2 Å². The quantitative estimate of drug-likeness (QED) is 0.661. The first-order chi connectivity index (χ1) is 8.70. The van der Waals surface area contributed by atoms with E-state index in [1.807, 2.05) is 36.7 Å². The van der Waals surface area contributed by atoms with Gasteiger partial charge in [0.1, 0.15) is 12.1 Å². The summed E-state index contributed by atoms with van der Waals surface area (Å²) in [6.45, 7) is 2.61. The fourth-order valence-corrected chi connectivity index (χ4v) is 2.42. The van der Waals surface area contributed by atoms with Gasteiger partial charge in [-0.25, -0.2) is 0 Å². The van der Waals surface area contributed by atoms with Crippen LogP contribution < -0.4 is 10.5 Å². The first-order valence-electron chi connectivity index (χ1n) is 5.68. The smallest absolute Gasteiger partial charge is 0.191 e. The maximum absolute atomic E-state index is 5.80. The van der Waals surface area contributed by atoms with Crippen LogP contribution in [0.3, 0.4) is 0 Å². The summed E-state index contributed by atoms with van der Waals surface area (Å²) in [7, 11) is 1.92. The Balaban J connectivity index is 2.12. The molecule has 0 radical (unpaired) electrons. The zero-order chi connectivity index (χ0) is 13.0. The van der Waals surface area contributed by atoms with Crippen LogP contribution in [0, 0.1) is 0 Å². The minimum Gasteiger partial charge on any atom is -0.494 e. The van der Waals surface area contributed by atoms with E-state index in [0.29, 0.717) is 6.61 Å². The van der Waals surface area contributed by atoms with E-state index < -0.39 is 0 Å². The van der Waals surface area contributed by atoms with E-state index in [1.54, 1.807) is 18.1 Å². The summed E-state index contributed by atoms with van der Waals surface area (Å²) in [4.78, 5) is 0. The number of hydrogen-bond donors (Lipinski definition) is 1. The molecule has 0 spiro atoms. The maximum Gasteiger partial charge on any atom is 0.191 e. The number of nitrogens with two attached hydrogens (primary N) is 1. The standard InChI is InChI=1S/C12H16N4OS/c1-3-17-11-5-4-10(13)6-9(11)7-18-12-15-14-8-16(12)2/h4-6,8H,3,7,13H2,1-2H3. The molecule has 0 amide bonds. The molecule has 0 unspecified atom stereocenters. The highest BCUT2D eigenvalue weighted by atomic mass is 32.2. The van der Waals surface area contributed by atoms with Crippen LogP contribution in [0.4, 0.5) is 5.69 Å². The van der Waals surface area contributed by atoms with Crippen LogP contribution in [0.2, 0.25) is 0 Å². The van der Waals surface area contributed by atoms with Crippen LogP contribution in [-0.2, 0) is 12.8 Å². The molecule has 2 N–H and O–H groups in total. The van der Waals surface area contributed by atoms with Gasteiger partial charge in [-0.05, 0) is 25.1 Å². The molecule has 0 aliphatic heterocycles. The highest BCUT2D eigenvalue weighted by Gasteiger charge is 2.07. The summed E-state index contributed by atoms with van der Waals surface area (Å²) in [5, 5.41) is 8.75. The van der Waals surface area contributed by atoms with Gasteiger partial charge < -0.3 is 15.0 Å². The molecule has 6 heteroatoms. The van der Waals surface area contributed by atoms with Crippen molar-refractivity contribution in [2.75, 3.05) is 12.3 Å². The Morgan fingerprint density at radius 1 is 1.44 bits per heavy atom. The Morgan fingerprint density at radius 3 is 2.94 bits per heavy atom. The molecular weight excluding hydrogens is 248 g/mol. The van der Waals surface area contributed by atoms with Gasteiger partial charge in [-0.15, -0.1) is 10.2 Å². The molecule has 5 nitrogen and oxygen atoms in total. The Bertz CT molecular complexity index is 527. The summed E-state index contributed by atoms with van der Waals surface area (Å²) < 4.78 is 7.47. The van der Waals surface area contributed by atoms with E-state index in [4.69, 9.17) is 10.5 Å². The van der Waals surface area contributed by atoms with Gasteiger partial charge in [0, 0.05) is 24.1 Å². The molecule has 96 valence electrons. The normalized spacial score (nSPS) is 10.6. The van der Waals surface area contributed by atoms with Crippen molar-refractivity contribution in [3.63, 3.8) is 0 Å². The third-order valence-corrected chi connectivity index (χ3v) is 3.49. The largest absolute Gasteiger partial charge is 0.494 e. The number of nitrogen functional groups attached to an aromatic ring is 1. The Labute approximate surface area is 110 Å². The molecule has 2 aromatic rings. The van der Waals surface area contributed by atoms with Crippen LogP contribution in [0.5, 0.6) is 5.75 Å². The van der Waals surface area contributed by atoms with Crippen molar-refractivity contribution in [2.45, 2.75) is 17.8 Å². The second-order valence-corrected chi connectivity index (χ2v) is 4.76. The van der Waals surface area contributed by atoms with Crippen molar-refractivity contribution in [1.29, 1.82) is 0 Å². The summed E-state index contributed by atoms with van der Waals surface area (Å²) in [6.07, 6.45) is 1.69. The Kier molecular flexibility index (Phi) is 4.09. The van der Waals surface area contributed by atoms with Crippen molar-refractivity contribution in [3.05, 3.63) is 30.1 Å². The van der Waals surface area contributed by atoms with E-state index in [9.17, 15) is 0 Å².